The lowest BCUT2D eigenvalue weighted by atomic mass is 10.2. The molecule has 0 saturated carbocycles. The number of rotatable bonds is 3. The zero-order chi connectivity index (χ0) is 15.8. The van der Waals surface area contributed by atoms with Crippen LogP contribution in [0.15, 0.2) is 34.7 Å². The number of hydrogen-bond donors (Lipinski definition) is 1. The van der Waals surface area contributed by atoms with Gasteiger partial charge in [-0.25, -0.2) is 9.78 Å². The number of benzene rings is 1. The van der Waals surface area contributed by atoms with Crippen molar-refractivity contribution >= 4 is 35.0 Å². The van der Waals surface area contributed by atoms with Gasteiger partial charge in [0, 0.05) is 0 Å². The number of methoxy groups -OCH3 is 1. The lowest BCUT2D eigenvalue weighted by molar-refractivity contribution is 0.0600. The summed E-state index contributed by atoms with van der Waals surface area (Å²) >= 11 is 2.87. The molecule has 5 nitrogen and oxygen atoms in total. The molecule has 112 valence electrons. The number of carbonyl (C=O) groups is 2. The third kappa shape index (κ3) is 5.20. The first-order valence-electron chi connectivity index (χ1n) is 5.94. The summed E-state index contributed by atoms with van der Waals surface area (Å²) in [6.45, 7) is 1.79. The van der Waals surface area contributed by atoms with Gasteiger partial charge in [0.2, 0.25) is 0 Å². The van der Waals surface area contributed by atoms with Crippen molar-refractivity contribution in [2.24, 2.45) is 5.73 Å². The van der Waals surface area contributed by atoms with E-state index >= 15 is 0 Å². The van der Waals surface area contributed by atoms with Gasteiger partial charge >= 0.3 is 5.97 Å². The van der Waals surface area contributed by atoms with E-state index in [4.69, 9.17) is 5.73 Å². The normalized spacial score (nSPS) is 9.48. The van der Waals surface area contributed by atoms with E-state index in [2.05, 4.69) is 9.72 Å². The van der Waals surface area contributed by atoms with Gasteiger partial charge in [0.25, 0.3) is 5.91 Å². The van der Waals surface area contributed by atoms with Crippen molar-refractivity contribution in [1.82, 2.24) is 4.98 Å². The molecule has 0 aliphatic heterocycles. The molecule has 0 spiro atoms. The Morgan fingerprint density at radius 2 is 1.90 bits per heavy atom. The Balaban J connectivity index is 0.000000211. The Morgan fingerprint density at radius 1 is 1.29 bits per heavy atom. The van der Waals surface area contributed by atoms with Crippen LogP contribution in [0.25, 0.3) is 0 Å². The van der Waals surface area contributed by atoms with Crippen molar-refractivity contribution in [3.63, 3.8) is 0 Å². The number of thioether (sulfide) groups is 1. The number of nitrogens with zero attached hydrogens (tertiary/aromatic N) is 1. The molecule has 0 atom stereocenters. The van der Waals surface area contributed by atoms with Gasteiger partial charge in [0.15, 0.2) is 4.34 Å². The van der Waals surface area contributed by atoms with Crippen LogP contribution in [-0.2, 0) is 4.74 Å². The number of nitrogens with two attached hydrogens (primary N) is 1. The van der Waals surface area contributed by atoms with Crippen molar-refractivity contribution in [2.75, 3.05) is 13.4 Å². The van der Waals surface area contributed by atoms with E-state index in [9.17, 15) is 9.59 Å². The molecule has 0 bridgehead atoms. The zero-order valence-corrected chi connectivity index (χ0v) is 13.6. The third-order valence-corrected chi connectivity index (χ3v) is 4.53. The highest BCUT2D eigenvalue weighted by atomic mass is 32.2. The van der Waals surface area contributed by atoms with Crippen molar-refractivity contribution in [2.45, 2.75) is 11.3 Å². The van der Waals surface area contributed by atoms with Gasteiger partial charge in [0.05, 0.1) is 18.4 Å². The highest BCUT2D eigenvalue weighted by molar-refractivity contribution is 8.00. The van der Waals surface area contributed by atoms with E-state index in [1.807, 2.05) is 12.3 Å². The SMILES string of the molecule is COC(=O)c1ccccc1.CSc1nc(C)c(C(N)=O)s1. The minimum Gasteiger partial charge on any atom is -0.465 e. The number of thiazole rings is 1. The van der Waals surface area contributed by atoms with Gasteiger partial charge in [-0.1, -0.05) is 30.0 Å². The van der Waals surface area contributed by atoms with E-state index in [-0.39, 0.29) is 11.9 Å². The van der Waals surface area contributed by atoms with Crippen LogP contribution < -0.4 is 5.73 Å². The van der Waals surface area contributed by atoms with Crippen LogP contribution in [0, 0.1) is 6.92 Å². The molecule has 1 aromatic heterocycles. The van der Waals surface area contributed by atoms with E-state index in [0.29, 0.717) is 10.4 Å². The molecule has 0 aliphatic carbocycles. The molecular formula is C14H16N2O3S2. The fourth-order valence-electron chi connectivity index (χ4n) is 1.38. The molecule has 0 saturated heterocycles. The van der Waals surface area contributed by atoms with Gasteiger partial charge in [-0.05, 0) is 25.3 Å². The zero-order valence-electron chi connectivity index (χ0n) is 12.0. The second kappa shape index (κ2) is 8.43. The summed E-state index contributed by atoms with van der Waals surface area (Å²) in [5, 5.41) is 0. The molecule has 0 unspecified atom stereocenters. The summed E-state index contributed by atoms with van der Waals surface area (Å²) in [5.74, 6) is -0.680. The van der Waals surface area contributed by atoms with Crippen molar-refractivity contribution < 1.29 is 14.3 Å². The highest BCUT2D eigenvalue weighted by Gasteiger charge is 2.10. The number of esters is 1. The summed E-state index contributed by atoms with van der Waals surface area (Å²) in [6, 6.07) is 8.88. The first kappa shape index (κ1) is 17.2. The van der Waals surface area contributed by atoms with Crippen molar-refractivity contribution in [3.05, 3.63) is 46.5 Å². The standard InChI is InChI=1S/C8H8O2.C6H8N2OS2/c1-10-8(9)7-5-3-2-4-6-7;1-3-4(5(7)9)11-6(8-3)10-2/h2-6H,1H3;1-2H3,(H2,7,9). The minimum absolute atomic E-state index is 0.291. The summed E-state index contributed by atoms with van der Waals surface area (Å²) < 4.78 is 5.38. The van der Waals surface area contributed by atoms with E-state index in [0.717, 1.165) is 10.0 Å². The minimum atomic E-state index is -0.389. The van der Waals surface area contributed by atoms with E-state index in [1.165, 1.54) is 30.2 Å². The van der Waals surface area contributed by atoms with Crippen LogP contribution in [0.1, 0.15) is 25.7 Å². The van der Waals surface area contributed by atoms with Crippen LogP contribution in [0.4, 0.5) is 0 Å². The van der Waals surface area contributed by atoms with E-state index < -0.39 is 0 Å². The summed E-state index contributed by atoms with van der Waals surface area (Å²) in [4.78, 5) is 26.2. The smallest absolute Gasteiger partial charge is 0.337 e. The average molecular weight is 324 g/mol. The molecule has 0 radical (unpaired) electrons. The molecule has 2 N–H and O–H groups in total. The number of ether oxygens (including phenoxy) is 1. The topological polar surface area (TPSA) is 82.3 Å². The number of carbonyl (C=O) groups excluding carboxylic acids is 2. The number of primary amides is 1. The second-order valence-corrected chi connectivity index (χ2v) is 5.87. The fraction of sp³-hybridized carbons (Fsp3) is 0.214. The van der Waals surface area contributed by atoms with Crippen LogP contribution in [0.3, 0.4) is 0 Å². The highest BCUT2D eigenvalue weighted by Crippen LogP contribution is 2.24. The van der Waals surface area contributed by atoms with Crippen LogP contribution in [-0.4, -0.2) is 30.2 Å². The van der Waals surface area contributed by atoms with Crippen LogP contribution >= 0.6 is 23.1 Å². The lowest BCUT2D eigenvalue weighted by Gasteiger charge is -1.95. The molecule has 21 heavy (non-hydrogen) atoms. The monoisotopic (exact) mass is 324 g/mol. The first-order chi connectivity index (χ1) is 9.99. The fourth-order valence-corrected chi connectivity index (χ4v) is 2.84. The summed E-state index contributed by atoms with van der Waals surface area (Å²) in [5.41, 5.74) is 6.42. The molecule has 2 rings (SSSR count). The molecule has 1 aromatic carbocycles. The largest absolute Gasteiger partial charge is 0.465 e. The molecule has 1 heterocycles. The molecule has 0 aliphatic rings. The lowest BCUT2D eigenvalue weighted by Crippen LogP contribution is -2.09. The van der Waals surface area contributed by atoms with Crippen LogP contribution in [0.5, 0.6) is 0 Å². The van der Waals surface area contributed by atoms with Gasteiger partial charge < -0.3 is 10.5 Å². The van der Waals surface area contributed by atoms with Crippen molar-refractivity contribution in [1.29, 1.82) is 0 Å². The molecule has 2 aromatic rings. The average Bonchev–Trinajstić information content (AvgIpc) is 2.89. The first-order valence-corrected chi connectivity index (χ1v) is 7.98. The number of aromatic nitrogens is 1. The van der Waals surface area contributed by atoms with Gasteiger partial charge in [0.1, 0.15) is 4.88 Å². The number of amides is 1. The quantitative estimate of drug-likeness (QED) is 0.693. The maximum atomic E-state index is 10.8. The summed E-state index contributed by atoms with van der Waals surface area (Å²) in [6.07, 6.45) is 1.92. The van der Waals surface area contributed by atoms with Gasteiger partial charge in [-0.3, -0.25) is 4.79 Å². The van der Waals surface area contributed by atoms with Crippen LogP contribution in [0.2, 0.25) is 0 Å². The Bertz CT molecular complexity index is 612. The maximum absolute atomic E-state index is 10.8. The number of aryl methyl sites for hydroxylation is 1. The predicted octanol–water partition coefficient (Wildman–Crippen LogP) is 2.75. The Kier molecular flexibility index (Phi) is 6.90. The maximum Gasteiger partial charge on any atom is 0.337 e. The van der Waals surface area contributed by atoms with E-state index in [1.54, 1.807) is 31.2 Å². The summed E-state index contributed by atoms with van der Waals surface area (Å²) in [7, 11) is 1.37. The number of hydrogen-bond acceptors (Lipinski definition) is 6. The Morgan fingerprint density at radius 3 is 2.29 bits per heavy atom. The Hall–Kier alpha value is -1.86. The molecule has 0 fully saturated rings. The predicted molar refractivity (Wildman–Crippen MR) is 84.9 cm³/mol. The Labute approximate surface area is 131 Å². The molecule has 1 amide bonds. The second-order valence-electron chi connectivity index (χ2n) is 3.82. The van der Waals surface area contributed by atoms with Gasteiger partial charge in [-0.2, -0.15) is 0 Å². The van der Waals surface area contributed by atoms with Crippen molar-refractivity contribution in [3.8, 4) is 0 Å². The van der Waals surface area contributed by atoms with Gasteiger partial charge in [-0.15, -0.1) is 11.3 Å². The molecule has 7 heteroatoms. The molecular weight excluding hydrogens is 308 g/mol. The third-order valence-electron chi connectivity index (χ3n) is 2.37.